The van der Waals surface area contributed by atoms with Gasteiger partial charge >= 0.3 is 6.18 Å². The van der Waals surface area contributed by atoms with Crippen LogP contribution in [0.15, 0.2) is 59.0 Å². The minimum Gasteiger partial charge on any atom is -0.417 e. The number of para-hydroxylation sites is 1. The zero-order chi connectivity index (χ0) is 24.4. The molecule has 0 unspecified atom stereocenters. The Morgan fingerprint density at radius 3 is 2.54 bits per heavy atom. The Balaban J connectivity index is 1.46. The van der Waals surface area contributed by atoms with Crippen LogP contribution in [0.2, 0.25) is 0 Å². The zero-order valence-electron chi connectivity index (χ0n) is 19.3. The second-order valence-corrected chi connectivity index (χ2v) is 8.91. The van der Waals surface area contributed by atoms with Crippen molar-refractivity contribution in [3.8, 4) is 11.6 Å². The Hall–Kier alpha value is -3.53. The molecule has 3 heterocycles. The fourth-order valence-corrected chi connectivity index (χ4v) is 4.47. The van der Waals surface area contributed by atoms with Crippen LogP contribution in [0.4, 0.5) is 24.5 Å². The molecule has 1 saturated heterocycles. The molecule has 0 radical (unpaired) electrons. The fraction of sp³-hybridized carbons (Fsp3) is 0.360. The summed E-state index contributed by atoms with van der Waals surface area (Å²) in [6.45, 7) is 1.08. The van der Waals surface area contributed by atoms with Gasteiger partial charge in [-0.1, -0.05) is 24.3 Å². The van der Waals surface area contributed by atoms with Gasteiger partial charge in [-0.05, 0) is 63.3 Å². The third kappa shape index (κ3) is 5.43. The van der Waals surface area contributed by atoms with Crippen molar-refractivity contribution in [1.82, 2.24) is 19.7 Å². The van der Waals surface area contributed by atoms with E-state index >= 15 is 0 Å². The Bertz CT molecular complexity index is 1280. The minimum absolute atomic E-state index is 0.0561. The average molecular weight is 485 g/mol. The number of hydrogen-bond donors (Lipinski definition) is 2. The van der Waals surface area contributed by atoms with Crippen LogP contribution in [0.3, 0.4) is 0 Å². The van der Waals surface area contributed by atoms with Crippen molar-refractivity contribution in [3.05, 3.63) is 60.5 Å². The molecule has 0 spiro atoms. The molecular weight excluding hydrogens is 457 g/mol. The number of rotatable bonds is 7. The molecule has 7 nitrogen and oxygen atoms in total. The van der Waals surface area contributed by atoms with Crippen molar-refractivity contribution >= 4 is 22.3 Å². The molecule has 0 bridgehead atoms. The van der Waals surface area contributed by atoms with Crippen LogP contribution in [-0.2, 0) is 13.1 Å². The van der Waals surface area contributed by atoms with Crippen LogP contribution >= 0.6 is 0 Å². The third-order valence-corrected chi connectivity index (χ3v) is 6.26. The van der Waals surface area contributed by atoms with E-state index in [4.69, 9.17) is 4.42 Å². The van der Waals surface area contributed by atoms with E-state index in [1.165, 1.54) is 4.57 Å². The first-order valence-corrected chi connectivity index (χ1v) is 11.6. The second-order valence-electron chi connectivity index (χ2n) is 8.91. The van der Waals surface area contributed by atoms with Gasteiger partial charge in [0.1, 0.15) is 12.2 Å². The topological polar surface area (TPSA) is 71.2 Å². The molecule has 0 saturated carbocycles. The number of likely N-dealkylation sites (tertiary alicyclic amines) is 1. The molecule has 0 amide bonds. The Morgan fingerprint density at radius 1 is 1.03 bits per heavy atom. The molecule has 2 aromatic carbocycles. The highest BCUT2D eigenvalue weighted by molar-refractivity contribution is 5.96. The predicted molar refractivity (Wildman–Crippen MR) is 129 cm³/mol. The largest absolute Gasteiger partial charge is 0.417 e. The van der Waals surface area contributed by atoms with Gasteiger partial charge in [-0.3, -0.25) is 0 Å². The molecule has 2 aromatic heterocycles. The number of benzene rings is 2. The number of fused-ring (bicyclic) bond motifs is 1. The number of halogens is 3. The van der Waals surface area contributed by atoms with Gasteiger partial charge in [-0.2, -0.15) is 13.2 Å². The lowest BCUT2D eigenvalue weighted by Gasteiger charge is -2.30. The Kier molecular flexibility index (Phi) is 6.38. The van der Waals surface area contributed by atoms with E-state index in [-0.39, 0.29) is 30.1 Å². The van der Waals surface area contributed by atoms with E-state index < -0.39 is 12.7 Å². The molecule has 0 atom stereocenters. The van der Waals surface area contributed by atoms with E-state index in [1.54, 1.807) is 18.2 Å². The maximum atomic E-state index is 13.5. The van der Waals surface area contributed by atoms with Crippen LogP contribution in [-0.4, -0.2) is 52.0 Å². The van der Waals surface area contributed by atoms with Crippen molar-refractivity contribution in [2.45, 2.75) is 38.1 Å². The highest BCUT2D eigenvalue weighted by Gasteiger charge is 2.31. The Morgan fingerprint density at radius 2 is 1.80 bits per heavy atom. The molecule has 2 N–H and O–H groups in total. The van der Waals surface area contributed by atoms with Gasteiger partial charge in [0.05, 0.1) is 12.1 Å². The number of hydrogen-bond acceptors (Lipinski definition) is 6. The van der Waals surface area contributed by atoms with Crippen LogP contribution in [0.25, 0.3) is 22.5 Å². The summed E-state index contributed by atoms with van der Waals surface area (Å²) in [6.07, 6.45) is -2.45. The van der Waals surface area contributed by atoms with E-state index in [0.29, 0.717) is 10.9 Å². The summed E-state index contributed by atoms with van der Waals surface area (Å²) in [5, 5.41) is 15.5. The lowest BCUT2D eigenvalue weighted by molar-refractivity contribution is -0.139. The molecule has 1 aliphatic heterocycles. The zero-order valence-corrected chi connectivity index (χ0v) is 19.3. The molecular formula is C25H27F3N6O. The second kappa shape index (κ2) is 9.61. The maximum absolute atomic E-state index is 13.5. The highest BCUT2D eigenvalue weighted by atomic mass is 19.4. The summed E-state index contributed by atoms with van der Waals surface area (Å²) >= 11 is 0. The first-order valence-electron chi connectivity index (χ1n) is 11.6. The van der Waals surface area contributed by atoms with Gasteiger partial charge < -0.3 is 24.5 Å². The first-order chi connectivity index (χ1) is 16.9. The van der Waals surface area contributed by atoms with Crippen molar-refractivity contribution in [2.24, 2.45) is 0 Å². The highest BCUT2D eigenvalue weighted by Crippen LogP contribution is 2.35. The lowest BCUT2D eigenvalue weighted by Crippen LogP contribution is -2.36. The van der Waals surface area contributed by atoms with Crippen molar-refractivity contribution in [3.63, 3.8) is 0 Å². The summed E-state index contributed by atoms with van der Waals surface area (Å²) in [6, 6.07) is 16.9. The normalized spacial score (nSPS) is 15.5. The maximum Gasteiger partial charge on any atom is 0.406 e. The van der Waals surface area contributed by atoms with Crippen LogP contribution in [0, 0.1) is 0 Å². The molecule has 0 aliphatic carbocycles. The molecule has 4 aromatic rings. The SMILES string of the molecule is CN1CCC(Nc2cccc3c2cc(-c2nnc(CNc4ccccc4)o2)n3CC(F)(F)F)CC1. The molecule has 1 aliphatic rings. The van der Waals surface area contributed by atoms with E-state index in [9.17, 15) is 13.2 Å². The minimum atomic E-state index is -4.41. The van der Waals surface area contributed by atoms with E-state index in [0.717, 1.165) is 37.3 Å². The predicted octanol–water partition coefficient (Wildman–Crippen LogP) is 5.37. The fourth-order valence-electron chi connectivity index (χ4n) is 4.47. The number of anilines is 2. The van der Waals surface area contributed by atoms with E-state index in [2.05, 4.69) is 32.8 Å². The summed E-state index contributed by atoms with van der Waals surface area (Å²) in [4.78, 5) is 2.27. The molecule has 1 fully saturated rings. The number of piperidine rings is 1. The number of alkyl halides is 3. The number of aromatic nitrogens is 3. The summed E-state index contributed by atoms with van der Waals surface area (Å²) in [5.41, 5.74) is 2.40. The lowest BCUT2D eigenvalue weighted by atomic mass is 10.0. The number of nitrogens with zero attached hydrogens (tertiary/aromatic N) is 4. The Labute approximate surface area is 200 Å². The third-order valence-electron chi connectivity index (χ3n) is 6.26. The van der Waals surface area contributed by atoms with Crippen LogP contribution in [0.5, 0.6) is 0 Å². The molecule has 10 heteroatoms. The van der Waals surface area contributed by atoms with Crippen molar-refractivity contribution in [1.29, 1.82) is 0 Å². The number of nitrogens with one attached hydrogen (secondary N) is 2. The van der Waals surface area contributed by atoms with Gasteiger partial charge in [0.15, 0.2) is 0 Å². The average Bonchev–Trinajstić information content (AvgIpc) is 3.44. The summed E-state index contributed by atoms with van der Waals surface area (Å²) in [5.74, 6) is 0.345. The van der Waals surface area contributed by atoms with Crippen LogP contribution in [0.1, 0.15) is 18.7 Å². The van der Waals surface area contributed by atoms with Gasteiger partial charge in [-0.25, -0.2) is 0 Å². The van der Waals surface area contributed by atoms with Gasteiger partial charge in [0.25, 0.3) is 5.89 Å². The smallest absolute Gasteiger partial charge is 0.406 e. The van der Waals surface area contributed by atoms with Crippen molar-refractivity contribution in [2.75, 3.05) is 30.8 Å². The van der Waals surface area contributed by atoms with E-state index in [1.807, 2.05) is 36.4 Å². The van der Waals surface area contributed by atoms with Gasteiger partial charge in [0, 0.05) is 22.8 Å². The van der Waals surface area contributed by atoms with Gasteiger partial charge in [0.2, 0.25) is 5.89 Å². The monoisotopic (exact) mass is 484 g/mol. The quantitative estimate of drug-likeness (QED) is 0.368. The molecule has 35 heavy (non-hydrogen) atoms. The first kappa shape index (κ1) is 23.2. The van der Waals surface area contributed by atoms with Gasteiger partial charge in [-0.15, -0.1) is 10.2 Å². The van der Waals surface area contributed by atoms with Crippen LogP contribution < -0.4 is 10.6 Å². The molecule has 5 rings (SSSR count). The molecule has 184 valence electrons. The summed E-state index contributed by atoms with van der Waals surface area (Å²) < 4.78 is 47.6. The van der Waals surface area contributed by atoms with Crippen molar-refractivity contribution < 1.29 is 17.6 Å². The standard InChI is InChI=1S/C25H27F3N6O/c1-33-12-10-18(11-13-33)30-20-8-5-9-21-19(20)14-22(34(21)16-25(26,27)28)24-32-31-23(35-24)15-29-17-6-3-2-4-7-17/h2-9,14,18,29-30H,10-13,15-16H2,1H3. The summed E-state index contributed by atoms with van der Waals surface area (Å²) in [7, 11) is 2.09.